The van der Waals surface area contributed by atoms with E-state index in [0.29, 0.717) is 12.1 Å². The number of allylic oxidation sites excluding steroid dienone is 1. The van der Waals surface area contributed by atoms with Gasteiger partial charge in [-0.05, 0) is 32.3 Å². The number of primary amides is 1. The van der Waals surface area contributed by atoms with Gasteiger partial charge in [-0.15, -0.1) is 6.58 Å². The molecule has 7 nitrogen and oxygen atoms in total. The van der Waals surface area contributed by atoms with Crippen LogP contribution >= 0.6 is 0 Å². The molecule has 7 heteroatoms. The molecule has 1 aromatic rings. The van der Waals surface area contributed by atoms with Crippen molar-refractivity contribution in [1.29, 1.82) is 0 Å². The number of likely N-dealkylation sites (N-methyl/N-ethyl adjacent to an activating group) is 1. The van der Waals surface area contributed by atoms with E-state index in [1.807, 2.05) is 45.0 Å². The maximum Gasteiger partial charge on any atom is 0.272 e. The van der Waals surface area contributed by atoms with Gasteiger partial charge in [0.25, 0.3) is 5.91 Å². The van der Waals surface area contributed by atoms with Gasteiger partial charge < -0.3 is 16.0 Å². The number of para-hydroxylation sites is 1. The van der Waals surface area contributed by atoms with Crippen molar-refractivity contribution in [3.05, 3.63) is 42.5 Å². The Morgan fingerprint density at radius 2 is 1.93 bits per heavy atom. The molecular weight excluding hydrogens is 368 g/mol. The molecule has 1 heterocycles. The van der Waals surface area contributed by atoms with Crippen LogP contribution in [0.2, 0.25) is 0 Å². The third-order valence-corrected chi connectivity index (χ3v) is 4.40. The highest BCUT2D eigenvalue weighted by molar-refractivity contribution is 6.12. The SMILES string of the molecule is C=CC.CC1=NC(NC(=O)C(CC(N)=O)CC(C)C)C(=O)N(C)c2ccccc21. The zero-order valence-electron chi connectivity index (χ0n) is 17.9. The lowest BCUT2D eigenvalue weighted by molar-refractivity contribution is -0.132. The van der Waals surface area contributed by atoms with E-state index in [9.17, 15) is 14.4 Å². The number of nitrogens with one attached hydrogen (secondary N) is 1. The third kappa shape index (κ3) is 6.85. The number of nitrogens with two attached hydrogens (primary N) is 1. The van der Waals surface area contributed by atoms with Crippen LogP contribution in [0.15, 0.2) is 41.9 Å². The van der Waals surface area contributed by atoms with Crippen LogP contribution in [-0.4, -0.2) is 36.6 Å². The average Bonchev–Trinajstić information content (AvgIpc) is 2.73. The number of carbonyl (C=O) groups is 3. The van der Waals surface area contributed by atoms with Gasteiger partial charge in [-0.25, -0.2) is 0 Å². The van der Waals surface area contributed by atoms with Gasteiger partial charge in [0, 0.05) is 30.7 Å². The first-order valence-electron chi connectivity index (χ1n) is 9.69. The number of hydrogen-bond donors (Lipinski definition) is 2. The monoisotopic (exact) mass is 400 g/mol. The Morgan fingerprint density at radius 1 is 1.34 bits per heavy atom. The Balaban J connectivity index is 0.00000132. The summed E-state index contributed by atoms with van der Waals surface area (Å²) < 4.78 is 0. The molecule has 0 aromatic heterocycles. The summed E-state index contributed by atoms with van der Waals surface area (Å²) in [5, 5.41) is 2.69. The molecule has 0 saturated heterocycles. The number of anilines is 1. The van der Waals surface area contributed by atoms with Gasteiger partial charge in [-0.2, -0.15) is 0 Å². The van der Waals surface area contributed by atoms with Crippen LogP contribution in [0, 0.1) is 11.8 Å². The van der Waals surface area contributed by atoms with Crippen molar-refractivity contribution >= 4 is 29.1 Å². The standard InChI is InChI=1S/C19H26N4O3.C3H6/c1-11(2)9-13(10-16(20)24)18(25)22-17-19(26)23(4)15-8-6-5-7-14(15)12(3)21-17;1-3-2/h5-8,11,13,17H,9-10H2,1-4H3,(H2,20,24)(H,22,25);3H,1H2,2H3. The summed E-state index contributed by atoms with van der Waals surface area (Å²) in [4.78, 5) is 42.6. The van der Waals surface area contributed by atoms with Gasteiger partial charge in [0.05, 0.1) is 5.69 Å². The van der Waals surface area contributed by atoms with Crippen LogP contribution in [-0.2, 0) is 14.4 Å². The van der Waals surface area contributed by atoms with E-state index in [-0.39, 0.29) is 24.2 Å². The van der Waals surface area contributed by atoms with Gasteiger partial charge in [-0.3, -0.25) is 19.4 Å². The molecule has 1 aromatic carbocycles. The van der Waals surface area contributed by atoms with Gasteiger partial charge in [-0.1, -0.05) is 38.1 Å². The minimum Gasteiger partial charge on any atom is -0.370 e. The number of amides is 3. The predicted molar refractivity (Wildman–Crippen MR) is 117 cm³/mol. The van der Waals surface area contributed by atoms with E-state index in [1.165, 1.54) is 4.90 Å². The molecule has 2 rings (SSSR count). The number of benzene rings is 1. The summed E-state index contributed by atoms with van der Waals surface area (Å²) in [6.45, 7) is 11.0. The van der Waals surface area contributed by atoms with E-state index in [1.54, 1.807) is 20.0 Å². The summed E-state index contributed by atoms with van der Waals surface area (Å²) in [5.41, 5.74) is 7.52. The fourth-order valence-corrected chi connectivity index (χ4v) is 3.13. The maximum atomic E-state index is 12.8. The van der Waals surface area contributed by atoms with Crippen LogP contribution < -0.4 is 16.0 Å². The number of fused-ring (bicyclic) bond motifs is 1. The molecule has 0 saturated carbocycles. The molecule has 0 fully saturated rings. The van der Waals surface area contributed by atoms with Crippen molar-refractivity contribution in [1.82, 2.24) is 5.32 Å². The number of carbonyl (C=O) groups excluding carboxylic acids is 3. The van der Waals surface area contributed by atoms with Gasteiger partial charge >= 0.3 is 0 Å². The molecule has 1 aliphatic heterocycles. The van der Waals surface area contributed by atoms with E-state index in [4.69, 9.17) is 5.73 Å². The topological polar surface area (TPSA) is 105 Å². The minimum absolute atomic E-state index is 0.0519. The van der Waals surface area contributed by atoms with E-state index in [2.05, 4.69) is 16.9 Å². The highest BCUT2D eigenvalue weighted by Gasteiger charge is 2.31. The van der Waals surface area contributed by atoms with E-state index < -0.39 is 18.0 Å². The Labute approximate surface area is 173 Å². The number of aliphatic imine (C=N–C) groups is 1. The molecule has 0 radical (unpaired) electrons. The Bertz CT molecular complexity index is 786. The third-order valence-electron chi connectivity index (χ3n) is 4.40. The molecule has 3 amide bonds. The second-order valence-corrected chi connectivity index (χ2v) is 7.45. The van der Waals surface area contributed by atoms with Crippen molar-refractivity contribution in [2.24, 2.45) is 22.6 Å². The molecule has 3 N–H and O–H groups in total. The Hall–Kier alpha value is -2.96. The first-order chi connectivity index (χ1) is 13.6. The van der Waals surface area contributed by atoms with Gasteiger partial charge in [0.15, 0.2) is 0 Å². The summed E-state index contributed by atoms with van der Waals surface area (Å²) in [5.74, 6) is -1.61. The quantitative estimate of drug-likeness (QED) is 0.717. The summed E-state index contributed by atoms with van der Waals surface area (Å²) in [6.07, 6.45) is 1.18. The van der Waals surface area contributed by atoms with Gasteiger partial charge in [0.1, 0.15) is 0 Å². The lowest BCUT2D eigenvalue weighted by Gasteiger charge is -2.23. The van der Waals surface area contributed by atoms with Crippen LogP contribution in [0.4, 0.5) is 5.69 Å². The number of hydrogen-bond acceptors (Lipinski definition) is 4. The lowest BCUT2D eigenvalue weighted by atomic mass is 9.93. The smallest absolute Gasteiger partial charge is 0.272 e. The average molecular weight is 401 g/mol. The van der Waals surface area contributed by atoms with Crippen molar-refractivity contribution in [3.63, 3.8) is 0 Å². The van der Waals surface area contributed by atoms with Crippen LogP contribution in [0.1, 0.15) is 46.1 Å². The molecule has 2 unspecified atom stereocenters. The normalized spacial score (nSPS) is 16.6. The van der Waals surface area contributed by atoms with Crippen molar-refractivity contribution < 1.29 is 14.4 Å². The van der Waals surface area contributed by atoms with E-state index in [0.717, 1.165) is 11.3 Å². The van der Waals surface area contributed by atoms with Crippen LogP contribution in [0.3, 0.4) is 0 Å². The summed E-state index contributed by atoms with van der Waals surface area (Å²) in [7, 11) is 1.66. The maximum absolute atomic E-state index is 12.8. The fourth-order valence-electron chi connectivity index (χ4n) is 3.13. The molecular formula is C22H32N4O3. The highest BCUT2D eigenvalue weighted by Crippen LogP contribution is 2.24. The Morgan fingerprint density at radius 3 is 2.48 bits per heavy atom. The van der Waals surface area contributed by atoms with Crippen LogP contribution in [0.25, 0.3) is 0 Å². The molecule has 158 valence electrons. The van der Waals surface area contributed by atoms with Crippen molar-refractivity contribution in [2.45, 2.75) is 46.7 Å². The fraction of sp³-hybridized carbons (Fsp3) is 0.455. The first-order valence-corrected chi connectivity index (χ1v) is 9.69. The number of benzodiazepines with no additional fused rings is 1. The Kier molecular flexibility index (Phi) is 9.25. The number of nitrogens with zero attached hydrogens (tertiary/aromatic N) is 2. The number of rotatable bonds is 6. The zero-order chi connectivity index (χ0) is 22.1. The molecule has 29 heavy (non-hydrogen) atoms. The van der Waals surface area contributed by atoms with E-state index >= 15 is 0 Å². The second kappa shape index (κ2) is 11.1. The largest absolute Gasteiger partial charge is 0.370 e. The van der Waals surface area contributed by atoms with Crippen LogP contribution in [0.5, 0.6) is 0 Å². The van der Waals surface area contributed by atoms with Crippen molar-refractivity contribution in [2.75, 3.05) is 11.9 Å². The molecule has 0 aliphatic carbocycles. The highest BCUT2D eigenvalue weighted by atomic mass is 16.2. The van der Waals surface area contributed by atoms with Gasteiger partial charge in [0.2, 0.25) is 18.0 Å². The molecule has 1 aliphatic rings. The zero-order valence-corrected chi connectivity index (χ0v) is 17.9. The van der Waals surface area contributed by atoms with Crippen molar-refractivity contribution in [3.8, 4) is 0 Å². The second-order valence-electron chi connectivity index (χ2n) is 7.45. The summed E-state index contributed by atoms with van der Waals surface area (Å²) in [6, 6.07) is 7.45. The lowest BCUT2D eigenvalue weighted by Crippen LogP contribution is -2.48. The first kappa shape index (κ1) is 24.1. The molecule has 2 atom stereocenters. The minimum atomic E-state index is -1.03. The summed E-state index contributed by atoms with van der Waals surface area (Å²) >= 11 is 0. The molecule has 0 spiro atoms. The molecule has 0 bridgehead atoms. The predicted octanol–water partition coefficient (Wildman–Crippen LogP) is 2.64.